The Morgan fingerprint density at radius 2 is 1.33 bits per heavy atom. The van der Waals surface area contributed by atoms with Crippen molar-refractivity contribution in [2.75, 3.05) is 13.1 Å². The Kier molecular flexibility index (Phi) is 2.16. The van der Waals surface area contributed by atoms with E-state index in [2.05, 4.69) is 13.8 Å². The summed E-state index contributed by atoms with van der Waals surface area (Å²) >= 11 is 0. The fourth-order valence-corrected chi connectivity index (χ4v) is 3.46. The van der Waals surface area contributed by atoms with Gasteiger partial charge in [0.15, 0.2) is 0 Å². The second-order valence-corrected chi connectivity index (χ2v) is 4.89. The average molecular weight is 168 g/mol. The van der Waals surface area contributed by atoms with Gasteiger partial charge in [0, 0.05) is 12.8 Å². The summed E-state index contributed by atoms with van der Waals surface area (Å²) in [6.45, 7) is 7.90. The first kappa shape index (κ1) is 8.55. The molecule has 1 heteroatoms. The third kappa shape index (κ3) is 1.10. The quantitative estimate of drug-likeness (QED) is 0.488. The first-order valence-electron chi connectivity index (χ1n) is 5.62. The molecular formula is C11H22N+. The van der Waals surface area contributed by atoms with Crippen molar-refractivity contribution in [3.8, 4) is 0 Å². The minimum absolute atomic E-state index is 0.955. The first-order valence-corrected chi connectivity index (χ1v) is 5.62. The van der Waals surface area contributed by atoms with Crippen LogP contribution in [-0.4, -0.2) is 29.7 Å². The van der Waals surface area contributed by atoms with Gasteiger partial charge in [0.05, 0.1) is 25.2 Å². The molecule has 2 atom stereocenters. The summed E-state index contributed by atoms with van der Waals surface area (Å²) in [5.74, 6) is 0. The summed E-state index contributed by atoms with van der Waals surface area (Å²) in [6.07, 6.45) is 7.39. The molecule has 2 aliphatic rings. The molecule has 2 fully saturated rings. The van der Waals surface area contributed by atoms with E-state index in [0.717, 1.165) is 12.1 Å². The molecule has 0 aromatic rings. The molecule has 0 aliphatic carbocycles. The predicted molar refractivity (Wildman–Crippen MR) is 52.0 cm³/mol. The van der Waals surface area contributed by atoms with Gasteiger partial charge in [0.2, 0.25) is 0 Å². The van der Waals surface area contributed by atoms with E-state index < -0.39 is 0 Å². The van der Waals surface area contributed by atoms with Crippen LogP contribution in [0.2, 0.25) is 0 Å². The summed E-state index contributed by atoms with van der Waals surface area (Å²) in [4.78, 5) is 0. The Hall–Kier alpha value is -0.0400. The molecule has 0 saturated carbocycles. The van der Waals surface area contributed by atoms with E-state index in [1.54, 1.807) is 0 Å². The van der Waals surface area contributed by atoms with Crippen LogP contribution in [0.5, 0.6) is 0 Å². The zero-order chi connectivity index (χ0) is 8.60. The van der Waals surface area contributed by atoms with Crippen molar-refractivity contribution < 1.29 is 4.48 Å². The summed E-state index contributed by atoms with van der Waals surface area (Å²) in [5, 5.41) is 0. The largest absolute Gasteiger partial charge is 0.319 e. The van der Waals surface area contributed by atoms with Crippen LogP contribution >= 0.6 is 0 Å². The third-order valence-corrected chi connectivity index (χ3v) is 4.40. The Morgan fingerprint density at radius 3 is 1.83 bits per heavy atom. The van der Waals surface area contributed by atoms with Crippen molar-refractivity contribution in [2.24, 2.45) is 0 Å². The van der Waals surface area contributed by atoms with Crippen molar-refractivity contribution in [1.29, 1.82) is 0 Å². The van der Waals surface area contributed by atoms with Gasteiger partial charge in [0.1, 0.15) is 0 Å². The highest BCUT2D eigenvalue weighted by molar-refractivity contribution is 4.71. The van der Waals surface area contributed by atoms with E-state index in [-0.39, 0.29) is 0 Å². The molecule has 0 radical (unpaired) electrons. The number of hydrogen-bond donors (Lipinski definition) is 0. The highest BCUT2D eigenvalue weighted by Crippen LogP contribution is 2.35. The van der Waals surface area contributed by atoms with E-state index >= 15 is 0 Å². The molecule has 0 aromatic carbocycles. The molecule has 2 aliphatic heterocycles. The van der Waals surface area contributed by atoms with Crippen LogP contribution in [0, 0.1) is 0 Å². The molecule has 2 saturated heterocycles. The van der Waals surface area contributed by atoms with Crippen molar-refractivity contribution in [3.63, 3.8) is 0 Å². The van der Waals surface area contributed by atoms with Gasteiger partial charge in [-0.3, -0.25) is 0 Å². The second kappa shape index (κ2) is 3.02. The number of quaternary nitrogens is 1. The lowest BCUT2D eigenvalue weighted by molar-refractivity contribution is -0.964. The molecule has 0 bridgehead atoms. The smallest absolute Gasteiger partial charge is 0.0863 e. The van der Waals surface area contributed by atoms with Crippen LogP contribution < -0.4 is 0 Å². The molecule has 1 nitrogen and oxygen atoms in total. The number of rotatable bonds is 0. The van der Waals surface area contributed by atoms with E-state index in [4.69, 9.17) is 0 Å². The van der Waals surface area contributed by atoms with Gasteiger partial charge in [-0.15, -0.1) is 0 Å². The van der Waals surface area contributed by atoms with Crippen molar-refractivity contribution >= 4 is 0 Å². The van der Waals surface area contributed by atoms with Crippen LogP contribution in [0.15, 0.2) is 0 Å². The molecular weight excluding hydrogens is 146 g/mol. The van der Waals surface area contributed by atoms with Crippen molar-refractivity contribution in [3.05, 3.63) is 0 Å². The maximum Gasteiger partial charge on any atom is 0.0863 e. The lowest BCUT2D eigenvalue weighted by atomic mass is 9.94. The highest BCUT2D eigenvalue weighted by Gasteiger charge is 2.43. The lowest BCUT2D eigenvalue weighted by Gasteiger charge is -2.48. The van der Waals surface area contributed by atoms with Gasteiger partial charge in [-0.2, -0.15) is 0 Å². The van der Waals surface area contributed by atoms with Gasteiger partial charge < -0.3 is 4.48 Å². The Labute approximate surface area is 76.3 Å². The molecule has 1 spiro atoms. The second-order valence-electron chi connectivity index (χ2n) is 4.89. The van der Waals surface area contributed by atoms with E-state index in [1.807, 2.05) is 0 Å². The fourth-order valence-electron chi connectivity index (χ4n) is 3.46. The topological polar surface area (TPSA) is 0 Å². The summed E-state index contributed by atoms with van der Waals surface area (Å²) in [5.41, 5.74) is 0. The Bertz CT molecular complexity index is 146. The zero-order valence-corrected chi connectivity index (χ0v) is 8.55. The normalized spacial score (nSPS) is 40.5. The predicted octanol–water partition coefficient (Wildman–Crippen LogP) is 2.56. The number of hydrogen-bond acceptors (Lipinski definition) is 0. The monoisotopic (exact) mass is 168 g/mol. The molecule has 2 heterocycles. The van der Waals surface area contributed by atoms with E-state index in [9.17, 15) is 0 Å². The zero-order valence-electron chi connectivity index (χ0n) is 8.55. The van der Waals surface area contributed by atoms with Gasteiger partial charge in [-0.25, -0.2) is 0 Å². The summed E-state index contributed by atoms with van der Waals surface area (Å²) < 4.78 is 1.47. The molecule has 0 aromatic heterocycles. The van der Waals surface area contributed by atoms with Crippen LogP contribution in [-0.2, 0) is 0 Å². The minimum Gasteiger partial charge on any atom is -0.319 e. The van der Waals surface area contributed by atoms with Crippen LogP contribution in [0.25, 0.3) is 0 Å². The van der Waals surface area contributed by atoms with Gasteiger partial charge in [-0.1, -0.05) is 0 Å². The SMILES string of the molecule is C[C@@H]1CCC[C@H](C)[N+]12CCCC2. The molecule has 2 rings (SSSR count). The number of nitrogens with zero attached hydrogens (tertiary/aromatic N) is 1. The van der Waals surface area contributed by atoms with E-state index in [1.165, 1.54) is 49.7 Å². The van der Waals surface area contributed by atoms with Crippen molar-refractivity contribution in [1.82, 2.24) is 0 Å². The average Bonchev–Trinajstić information content (AvgIpc) is 2.50. The maximum atomic E-state index is 2.47. The number of piperidine rings is 1. The standard InChI is InChI=1S/C11H22N/c1-10-6-5-7-11(2)12(10)8-3-4-9-12/h10-11H,3-9H2,1-2H3/q+1/t10-,11+. The van der Waals surface area contributed by atoms with Crippen LogP contribution in [0.4, 0.5) is 0 Å². The molecule has 12 heavy (non-hydrogen) atoms. The summed E-state index contributed by atoms with van der Waals surface area (Å²) in [7, 11) is 0. The molecule has 0 amide bonds. The van der Waals surface area contributed by atoms with Crippen LogP contribution in [0.3, 0.4) is 0 Å². The minimum atomic E-state index is 0.955. The molecule has 0 unspecified atom stereocenters. The van der Waals surface area contributed by atoms with Gasteiger partial charge in [0.25, 0.3) is 0 Å². The maximum absolute atomic E-state index is 2.47. The van der Waals surface area contributed by atoms with Crippen molar-refractivity contribution in [2.45, 2.75) is 58.0 Å². The molecule has 70 valence electrons. The highest BCUT2D eigenvalue weighted by atomic mass is 15.4. The lowest BCUT2D eigenvalue weighted by Crippen LogP contribution is -2.59. The molecule has 0 N–H and O–H groups in total. The van der Waals surface area contributed by atoms with E-state index in [0.29, 0.717) is 0 Å². The fraction of sp³-hybridized carbons (Fsp3) is 1.00. The van der Waals surface area contributed by atoms with Gasteiger partial charge in [-0.05, 0) is 33.1 Å². The summed E-state index contributed by atoms with van der Waals surface area (Å²) in [6, 6.07) is 1.91. The Morgan fingerprint density at radius 1 is 0.833 bits per heavy atom. The Balaban J connectivity index is 2.16. The first-order chi connectivity index (χ1) is 5.76. The third-order valence-electron chi connectivity index (χ3n) is 4.40. The van der Waals surface area contributed by atoms with Crippen LogP contribution in [0.1, 0.15) is 46.0 Å². The van der Waals surface area contributed by atoms with Gasteiger partial charge >= 0.3 is 0 Å².